The Kier molecular flexibility index (Phi) is 6.95. The zero-order valence-electron chi connectivity index (χ0n) is 15.6. The predicted octanol–water partition coefficient (Wildman–Crippen LogP) is -3.05. The Bertz CT molecular complexity index is 1090. The van der Waals surface area contributed by atoms with Gasteiger partial charge in [0.15, 0.2) is 6.33 Å². The van der Waals surface area contributed by atoms with Gasteiger partial charge in [-0.05, 0) is 0 Å². The molecule has 3 heterocycles. The second kappa shape index (κ2) is 9.01. The van der Waals surface area contributed by atoms with Crippen molar-refractivity contribution >= 4 is 32.8 Å². The van der Waals surface area contributed by atoms with E-state index in [9.17, 15) is 33.9 Å². The molecule has 3 rings (SSSR count). The molecule has 1 aliphatic rings. The predicted molar refractivity (Wildman–Crippen MR) is 98.9 cm³/mol. The van der Waals surface area contributed by atoms with Crippen LogP contribution in [0.5, 0.6) is 0 Å². The van der Waals surface area contributed by atoms with Crippen molar-refractivity contribution in [3.63, 3.8) is 0 Å². The van der Waals surface area contributed by atoms with Crippen LogP contribution in [0.1, 0.15) is 6.23 Å². The van der Waals surface area contributed by atoms with Crippen LogP contribution in [0.2, 0.25) is 0 Å². The van der Waals surface area contributed by atoms with E-state index in [4.69, 9.17) is 16.2 Å². The molecule has 1 fully saturated rings. The number of nitrogens with one attached hydrogen (secondary N) is 2. The zero-order chi connectivity index (χ0) is 23.0. The number of imidazole rings is 1. The quantitative estimate of drug-likeness (QED) is 0.129. The second-order valence-corrected chi connectivity index (χ2v) is 9.36. The smallest absolute Gasteiger partial charge is 0.387 e. The largest absolute Gasteiger partial charge is 0.481 e. The molecule has 0 saturated carbocycles. The molecule has 0 bridgehead atoms. The van der Waals surface area contributed by atoms with E-state index in [1.54, 1.807) is 0 Å². The number of rotatable bonds is 9. The number of nitrogen functional groups attached to an aromatic ring is 1. The van der Waals surface area contributed by atoms with Crippen molar-refractivity contribution in [1.82, 2.24) is 15.0 Å². The number of anilines is 1. The number of H-pyrrole nitrogens is 2. The van der Waals surface area contributed by atoms with E-state index in [1.165, 1.54) is 10.9 Å². The van der Waals surface area contributed by atoms with Crippen LogP contribution in [0, 0.1) is 0 Å². The third kappa shape index (κ3) is 5.36. The first kappa shape index (κ1) is 23.9. The molecular formula is C12H21N6O11P2+. The summed E-state index contributed by atoms with van der Waals surface area (Å²) >= 11 is 0. The van der Waals surface area contributed by atoms with E-state index in [2.05, 4.69) is 28.3 Å². The summed E-state index contributed by atoms with van der Waals surface area (Å²) < 4.78 is 43.1. The highest BCUT2D eigenvalue weighted by atomic mass is 31.3. The maximum absolute atomic E-state index is 11.9. The van der Waals surface area contributed by atoms with Crippen LogP contribution in [0.3, 0.4) is 0 Å². The molecule has 0 aromatic carbocycles. The van der Waals surface area contributed by atoms with Gasteiger partial charge in [0, 0.05) is 6.54 Å². The minimum Gasteiger partial charge on any atom is -0.387 e. The van der Waals surface area contributed by atoms with Gasteiger partial charge < -0.3 is 36.2 Å². The van der Waals surface area contributed by atoms with E-state index < -0.39 is 59.0 Å². The normalized spacial score (nSPS) is 27.9. The van der Waals surface area contributed by atoms with E-state index in [0.717, 1.165) is 0 Å². The van der Waals surface area contributed by atoms with Gasteiger partial charge in [0.2, 0.25) is 11.7 Å². The van der Waals surface area contributed by atoms with Crippen molar-refractivity contribution < 1.29 is 51.8 Å². The molecule has 0 radical (unpaired) electrons. The zero-order valence-corrected chi connectivity index (χ0v) is 17.4. The summed E-state index contributed by atoms with van der Waals surface area (Å²) in [4.78, 5) is 39.7. The number of aromatic amines is 2. The van der Waals surface area contributed by atoms with Gasteiger partial charge in [-0.25, -0.2) is 13.7 Å². The van der Waals surface area contributed by atoms with Crippen LogP contribution < -0.4 is 21.6 Å². The number of ether oxygens (including phenoxy) is 1. The van der Waals surface area contributed by atoms with Crippen molar-refractivity contribution in [2.24, 2.45) is 5.73 Å². The lowest BCUT2D eigenvalue weighted by Crippen LogP contribution is -2.46. The Morgan fingerprint density at radius 3 is 2.58 bits per heavy atom. The van der Waals surface area contributed by atoms with E-state index in [0.29, 0.717) is 0 Å². The summed E-state index contributed by atoms with van der Waals surface area (Å²) in [5.41, 5.74) is 10.1. The third-order valence-electron chi connectivity index (χ3n) is 4.10. The molecule has 0 aliphatic carbocycles. The van der Waals surface area contributed by atoms with Gasteiger partial charge in [-0.2, -0.15) is 4.31 Å². The SMILES string of the molecule is NCCOP(=O)(O)OP(=O)(O)OC[C@H]1O[C@@H]([n+]2c[nH]c3c(=O)[nH]c(N)nc32)[C@H](O)[C@@H]1O. The van der Waals surface area contributed by atoms with Crippen molar-refractivity contribution in [3.8, 4) is 0 Å². The van der Waals surface area contributed by atoms with E-state index >= 15 is 0 Å². The van der Waals surface area contributed by atoms with Gasteiger partial charge in [-0.3, -0.25) is 23.8 Å². The molecule has 31 heavy (non-hydrogen) atoms. The Labute approximate surface area is 172 Å². The van der Waals surface area contributed by atoms with Crippen LogP contribution in [-0.2, 0) is 27.2 Å². The summed E-state index contributed by atoms with van der Waals surface area (Å²) in [6, 6.07) is 0. The first-order valence-electron chi connectivity index (χ1n) is 8.60. The van der Waals surface area contributed by atoms with Crippen LogP contribution in [-0.4, -0.2) is 73.0 Å². The number of hydrogen-bond acceptors (Lipinski definition) is 12. The fraction of sp³-hybridized carbons (Fsp3) is 0.583. The van der Waals surface area contributed by atoms with Gasteiger partial charge in [0.05, 0.1) is 13.2 Å². The molecule has 2 aromatic rings. The minimum absolute atomic E-state index is 0.00787. The monoisotopic (exact) mass is 487 g/mol. The van der Waals surface area contributed by atoms with Crippen molar-refractivity contribution in [1.29, 1.82) is 0 Å². The summed E-state index contributed by atoms with van der Waals surface area (Å²) in [6.07, 6.45) is -4.61. The number of aliphatic hydroxyl groups excluding tert-OH is 2. The second-order valence-electron chi connectivity index (χ2n) is 6.31. The Morgan fingerprint density at radius 2 is 1.90 bits per heavy atom. The highest BCUT2D eigenvalue weighted by molar-refractivity contribution is 7.61. The van der Waals surface area contributed by atoms with Gasteiger partial charge in [0.1, 0.15) is 18.3 Å². The molecule has 2 unspecified atom stereocenters. The first-order valence-corrected chi connectivity index (χ1v) is 11.6. The number of aliphatic hydroxyl groups is 2. The fourth-order valence-electron chi connectivity index (χ4n) is 2.79. The van der Waals surface area contributed by atoms with Crippen molar-refractivity contribution in [3.05, 3.63) is 16.7 Å². The van der Waals surface area contributed by atoms with Gasteiger partial charge >= 0.3 is 21.3 Å². The molecule has 0 spiro atoms. The molecule has 17 nitrogen and oxygen atoms in total. The number of phosphoric ester groups is 2. The number of fused-ring (bicyclic) bond motifs is 1. The van der Waals surface area contributed by atoms with Crippen molar-refractivity contribution in [2.45, 2.75) is 24.5 Å². The molecule has 6 atom stereocenters. The summed E-state index contributed by atoms with van der Waals surface area (Å²) in [6.45, 7) is -1.39. The molecule has 1 saturated heterocycles. The highest BCUT2D eigenvalue weighted by Crippen LogP contribution is 2.60. The number of nitrogens with zero attached hydrogens (tertiary/aromatic N) is 2. The Hall–Kier alpha value is -1.75. The Balaban J connectivity index is 1.71. The fourth-order valence-corrected chi connectivity index (χ4v) is 4.89. The van der Waals surface area contributed by atoms with Gasteiger partial charge in [-0.15, -0.1) is 0 Å². The van der Waals surface area contributed by atoms with E-state index in [1.807, 2.05) is 0 Å². The first-order chi connectivity index (χ1) is 14.4. The lowest BCUT2D eigenvalue weighted by atomic mass is 10.1. The molecule has 174 valence electrons. The van der Waals surface area contributed by atoms with Crippen LogP contribution in [0.25, 0.3) is 11.2 Å². The number of phosphoric acid groups is 2. The number of hydrogen-bond donors (Lipinski definition) is 8. The summed E-state index contributed by atoms with van der Waals surface area (Å²) in [5, 5.41) is 20.5. The standard InChI is InChI=1S/C12H20N6O11P2/c13-1-2-26-30(22,23)29-31(24,25)27-3-5-7(19)8(20)11(28-5)18-4-15-6-9(18)16-12(14)17-10(6)21/h4-5,7-8,11,19-20H,1-3,13H2,(H5,14,16,17,21,22,23,24,25)/p+1/t5-,7-,8-,11-/m1/s1. The number of nitrogens with two attached hydrogens (primary N) is 2. The molecule has 10 N–H and O–H groups in total. The van der Waals surface area contributed by atoms with Crippen LogP contribution in [0.15, 0.2) is 11.1 Å². The average Bonchev–Trinajstić information content (AvgIpc) is 3.20. The molecule has 19 heteroatoms. The molecule has 0 amide bonds. The van der Waals surface area contributed by atoms with Crippen LogP contribution >= 0.6 is 15.6 Å². The summed E-state index contributed by atoms with van der Waals surface area (Å²) in [7, 11) is -10.1. The summed E-state index contributed by atoms with van der Waals surface area (Å²) in [5.74, 6) is -0.206. The minimum atomic E-state index is -5.12. The highest BCUT2D eigenvalue weighted by Gasteiger charge is 2.48. The number of aromatic nitrogens is 4. The van der Waals surface area contributed by atoms with Crippen LogP contribution in [0.4, 0.5) is 5.95 Å². The van der Waals surface area contributed by atoms with E-state index in [-0.39, 0.29) is 23.7 Å². The van der Waals surface area contributed by atoms with Gasteiger partial charge in [-0.1, -0.05) is 4.98 Å². The average molecular weight is 487 g/mol. The van der Waals surface area contributed by atoms with Crippen molar-refractivity contribution in [2.75, 3.05) is 25.5 Å². The van der Waals surface area contributed by atoms with Gasteiger partial charge in [0.25, 0.3) is 11.5 Å². The topological polar surface area (TPSA) is 269 Å². The lowest BCUT2D eigenvalue weighted by molar-refractivity contribution is -0.745. The molecule has 2 aromatic heterocycles. The Morgan fingerprint density at radius 1 is 1.23 bits per heavy atom. The molecule has 1 aliphatic heterocycles. The molecular weight excluding hydrogens is 466 g/mol. The third-order valence-corrected chi connectivity index (χ3v) is 6.74. The maximum atomic E-state index is 11.9. The lowest BCUT2D eigenvalue weighted by Gasteiger charge is -2.18. The maximum Gasteiger partial charge on any atom is 0.481 e.